The zero-order valence-corrected chi connectivity index (χ0v) is 11.7. The molecule has 0 bridgehead atoms. The van der Waals surface area contributed by atoms with Crippen molar-refractivity contribution in [1.29, 1.82) is 0 Å². The highest BCUT2D eigenvalue weighted by molar-refractivity contribution is 7.98. The molecule has 0 aromatic heterocycles. The monoisotopic (exact) mass is 271 g/mol. The van der Waals surface area contributed by atoms with Gasteiger partial charge in [-0.25, -0.2) is 4.39 Å². The number of unbranched alkanes of at least 4 members (excludes halogenated alkanes) is 2. The van der Waals surface area contributed by atoms with Gasteiger partial charge in [-0.1, -0.05) is 18.6 Å². The molecule has 1 atom stereocenters. The molecular formula is C14H22FNOS. The average molecular weight is 271 g/mol. The van der Waals surface area contributed by atoms with Gasteiger partial charge in [0.15, 0.2) is 0 Å². The Morgan fingerprint density at radius 3 is 2.61 bits per heavy atom. The van der Waals surface area contributed by atoms with Crippen LogP contribution in [0, 0.1) is 5.82 Å². The summed E-state index contributed by atoms with van der Waals surface area (Å²) in [6.45, 7) is 1.45. The maximum atomic E-state index is 12.7. The van der Waals surface area contributed by atoms with Gasteiger partial charge in [0.25, 0.3) is 0 Å². The molecule has 0 saturated heterocycles. The van der Waals surface area contributed by atoms with E-state index >= 15 is 0 Å². The second-order valence-electron chi connectivity index (χ2n) is 4.32. The quantitative estimate of drug-likeness (QED) is 0.677. The van der Waals surface area contributed by atoms with E-state index in [0.29, 0.717) is 6.54 Å². The Balaban J connectivity index is 2.10. The largest absolute Gasteiger partial charge is 0.387 e. The number of benzene rings is 1. The molecule has 1 aromatic rings. The van der Waals surface area contributed by atoms with Crippen molar-refractivity contribution in [3.63, 3.8) is 0 Å². The first-order valence-corrected chi connectivity index (χ1v) is 7.76. The van der Waals surface area contributed by atoms with Gasteiger partial charge in [0.1, 0.15) is 5.82 Å². The molecule has 1 aromatic carbocycles. The number of halogens is 1. The molecule has 0 aliphatic heterocycles. The van der Waals surface area contributed by atoms with E-state index in [4.69, 9.17) is 0 Å². The van der Waals surface area contributed by atoms with Gasteiger partial charge in [0, 0.05) is 6.54 Å². The summed E-state index contributed by atoms with van der Waals surface area (Å²) in [6, 6.07) is 6.00. The highest BCUT2D eigenvalue weighted by atomic mass is 32.2. The molecular weight excluding hydrogens is 249 g/mol. The van der Waals surface area contributed by atoms with Crippen molar-refractivity contribution < 1.29 is 9.50 Å². The molecule has 1 rings (SSSR count). The van der Waals surface area contributed by atoms with Crippen LogP contribution in [0.3, 0.4) is 0 Å². The maximum absolute atomic E-state index is 12.7. The van der Waals surface area contributed by atoms with Gasteiger partial charge in [-0.15, -0.1) is 0 Å². The summed E-state index contributed by atoms with van der Waals surface area (Å²) >= 11 is 1.88. The predicted octanol–water partition coefficient (Wildman–Crippen LogP) is 2.98. The lowest BCUT2D eigenvalue weighted by molar-refractivity contribution is 0.174. The molecule has 2 N–H and O–H groups in total. The number of thioether (sulfide) groups is 1. The summed E-state index contributed by atoms with van der Waals surface area (Å²) in [5, 5.41) is 13.1. The van der Waals surface area contributed by atoms with Crippen LogP contribution in [0.25, 0.3) is 0 Å². The lowest BCUT2D eigenvalue weighted by Gasteiger charge is -2.12. The zero-order chi connectivity index (χ0) is 13.2. The first-order valence-electron chi connectivity index (χ1n) is 6.37. The Kier molecular flexibility index (Phi) is 8.05. The Bertz CT molecular complexity index is 318. The van der Waals surface area contributed by atoms with E-state index in [0.717, 1.165) is 18.5 Å². The fourth-order valence-electron chi connectivity index (χ4n) is 1.71. The molecule has 0 fully saturated rings. The Morgan fingerprint density at radius 2 is 1.94 bits per heavy atom. The fourth-order valence-corrected chi connectivity index (χ4v) is 2.21. The third-order valence-electron chi connectivity index (χ3n) is 2.79. The number of aliphatic hydroxyl groups is 1. The van der Waals surface area contributed by atoms with Crippen LogP contribution in [0.2, 0.25) is 0 Å². The SMILES string of the molecule is CSCCCCCNCC(O)c1ccc(F)cc1. The van der Waals surface area contributed by atoms with Gasteiger partial charge >= 0.3 is 0 Å². The zero-order valence-electron chi connectivity index (χ0n) is 10.9. The van der Waals surface area contributed by atoms with E-state index in [2.05, 4.69) is 11.6 Å². The van der Waals surface area contributed by atoms with Gasteiger partial charge < -0.3 is 10.4 Å². The fraction of sp³-hybridized carbons (Fsp3) is 0.571. The lowest BCUT2D eigenvalue weighted by Crippen LogP contribution is -2.22. The van der Waals surface area contributed by atoms with Crippen LogP contribution in [0.15, 0.2) is 24.3 Å². The summed E-state index contributed by atoms with van der Waals surface area (Å²) in [7, 11) is 0. The summed E-state index contributed by atoms with van der Waals surface area (Å²) in [5.74, 6) is 0.950. The number of aliphatic hydroxyl groups excluding tert-OH is 1. The van der Waals surface area contributed by atoms with Gasteiger partial charge in [-0.05, 0) is 49.1 Å². The third-order valence-corrected chi connectivity index (χ3v) is 3.49. The van der Waals surface area contributed by atoms with Crippen LogP contribution in [0.4, 0.5) is 4.39 Å². The smallest absolute Gasteiger partial charge is 0.123 e. The Morgan fingerprint density at radius 1 is 1.22 bits per heavy atom. The molecule has 0 aliphatic carbocycles. The van der Waals surface area contributed by atoms with E-state index in [1.807, 2.05) is 11.8 Å². The van der Waals surface area contributed by atoms with Crippen LogP contribution in [0.1, 0.15) is 30.9 Å². The van der Waals surface area contributed by atoms with E-state index in [-0.39, 0.29) is 5.82 Å². The molecule has 102 valence electrons. The van der Waals surface area contributed by atoms with E-state index in [1.54, 1.807) is 12.1 Å². The van der Waals surface area contributed by atoms with Crippen LogP contribution in [-0.2, 0) is 0 Å². The standard InChI is InChI=1S/C14H22FNOS/c1-18-10-4-2-3-9-16-11-14(17)12-5-7-13(15)8-6-12/h5-8,14,16-17H,2-4,9-11H2,1H3. The topological polar surface area (TPSA) is 32.3 Å². The minimum atomic E-state index is -0.559. The summed E-state index contributed by atoms with van der Waals surface area (Å²) in [6.07, 6.45) is 5.18. The molecule has 0 saturated carbocycles. The molecule has 2 nitrogen and oxygen atoms in total. The Labute approximate surface area is 113 Å². The number of hydrogen-bond acceptors (Lipinski definition) is 3. The normalized spacial score (nSPS) is 12.6. The summed E-state index contributed by atoms with van der Waals surface area (Å²) in [5.41, 5.74) is 0.756. The molecule has 0 aliphatic rings. The van der Waals surface area contributed by atoms with E-state index in [9.17, 15) is 9.50 Å². The average Bonchev–Trinajstić information content (AvgIpc) is 2.38. The summed E-state index contributed by atoms with van der Waals surface area (Å²) in [4.78, 5) is 0. The van der Waals surface area contributed by atoms with E-state index in [1.165, 1.54) is 30.7 Å². The van der Waals surface area contributed by atoms with Crippen LogP contribution in [-0.4, -0.2) is 30.2 Å². The summed E-state index contributed by atoms with van der Waals surface area (Å²) < 4.78 is 12.7. The molecule has 18 heavy (non-hydrogen) atoms. The van der Waals surface area contributed by atoms with Crippen molar-refractivity contribution in [1.82, 2.24) is 5.32 Å². The molecule has 4 heteroatoms. The van der Waals surface area contributed by atoms with E-state index < -0.39 is 6.10 Å². The Hall–Kier alpha value is -0.580. The molecule has 0 radical (unpaired) electrons. The molecule has 0 amide bonds. The van der Waals surface area contributed by atoms with Crippen molar-refractivity contribution in [2.75, 3.05) is 25.1 Å². The minimum Gasteiger partial charge on any atom is -0.387 e. The van der Waals surface area contributed by atoms with Gasteiger partial charge in [0.2, 0.25) is 0 Å². The lowest BCUT2D eigenvalue weighted by atomic mass is 10.1. The molecule has 0 spiro atoms. The maximum Gasteiger partial charge on any atom is 0.123 e. The van der Waals surface area contributed by atoms with Gasteiger partial charge in [-0.2, -0.15) is 11.8 Å². The number of hydrogen-bond donors (Lipinski definition) is 2. The first kappa shape index (κ1) is 15.5. The molecule has 1 unspecified atom stereocenters. The van der Waals surface area contributed by atoms with Crippen LogP contribution < -0.4 is 5.32 Å². The highest BCUT2D eigenvalue weighted by Crippen LogP contribution is 2.12. The third kappa shape index (κ3) is 6.38. The number of nitrogens with one attached hydrogen (secondary N) is 1. The first-order chi connectivity index (χ1) is 8.74. The van der Waals surface area contributed by atoms with Gasteiger partial charge in [0.05, 0.1) is 6.10 Å². The van der Waals surface area contributed by atoms with Crippen molar-refractivity contribution in [3.8, 4) is 0 Å². The minimum absolute atomic E-state index is 0.271. The second kappa shape index (κ2) is 9.36. The van der Waals surface area contributed by atoms with Crippen LogP contribution in [0.5, 0.6) is 0 Å². The van der Waals surface area contributed by atoms with Gasteiger partial charge in [-0.3, -0.25) is 0 Å². The van der Waals surface area contributed by atoms with Crippen molar-refractivity contribution >= 4 is 11.8 Å². The van der Waals surface area contributed by atoms with Crippen molar-refractivity contribution in [2.24, 2.45) is 0 Å². The van der Waals surface area contributed by atoms with Crippen LogP contribution >= 0.6 is 11.8 Å². The van der Waals surface area contributed by atoms with Crippen molar-refractivity contribution in [2.45, 2.75) is 25.4 Å². The number of rotatable bonds is 9. The highest BCUT2D eigenvalue weighted by Gasteiger charge is 2.06. The molecule has 0 heterocycles. The second-order valence-corrected chi connectivity index (χ2v) is 5.31. The van der Waals surface area contributed by atoms with Crippen molar-refractivity contribution in [3.05, 3.63) is 35.6 Å². The predicted molar refractivity (Wildman–Crippen MR) is 76.5 cm³/mol.